The molecule has 0 aliphatic carbocycles. The molecule has 4 aromatic rings. The first-order valence-corrected chi connectivity index (χ1v) is 12.9. The number of aromatic nitrogens is 2. The van der Waals surface area contributed by atoms with Gasteiger partial charge in [0.05, 0.1) is 50.4 Å². The van der Waals surface area contributed by atoms with Crippen molar-refractivity contribution in [2.24, 2.45) is 0 Å². The number of aryl methyl sites for hydroxylation is 1. The summed E-state index contributed by atoms with van der Waals surface area (Å²) in [4.78, 5) is 19.0. The molecule has 0 bridgehead atoms. The molecular formula is C30H30N4O4S. The van der Waals surface area contributed by atoms with E-state index < -0.39 is 0 Å². The van der Waals surface area contributed by atoms with Gasteiger partial charge in [0.1, 0.15) is 11.5 Å². The Hall–Kier alpha value is -4.37. The van der Waals surface area contributed by atoms with Crippen molar-refractivity contribution >= 4 is 29.0 Å². The second-order valence-corrected chi connectivity index (χ2v) is 9.62. The van der Waals surface area contributed by atoms with Crippen LogP contribution in [0.5, 0.6) is 11.5 Å². The van der Waals surface area contributed by atoms with Gasteiger partial charge in [0, 0.05) is 29.3 Å². The summed E-state index contributed by atoms with van der Waals surface area (Å²) >= 11 is 5.93. The van der Waals surface area contributed by atoms with E-state index in [2.05, 4.69) is 32.8 Å². The monoisotopic (exact) mass is 542 g/mol. The Balaban J connectivity index is 1.70. The van der Waals surface area contributed by atoms with Gasteiger partial charge in [0.25, 0.3) is 0 Å². The van der Waals surface area contributed by atoms with Crippen LogP contribution >= 0.6 is 12.2 Å². The molecule has 1 fully saturated rings. The molecule has 9 heteroatoms. The zero-order chi connectivity index (χ0) is 27.7. The molecular weight excluding hydrogens is 512 g/mol. The van der Waals surface area contributed by atoms with Gasteiger partial charge in [-0.3, -0.25) is 4.98 Å². The lowest BCUT2D eigenvalue weighted by Gasteiger charge is -2.29. The molecule has 8 nitrogen and oxygen atoms in total. The lowest BCUT2D eigenvalue weighted by Crippen LogP contribution is -2.30. The zero-order valence-corrected chi connectivity index (χ0v) is 23.3. The van der Waals surface area contributed by atoms with Crippen LogP contribution in [-0.2, 0) is 4.74 Å². The number of pyridine rings is 1. The predicted molar refractivity (Wildman–Crippen MR) is 154 cm³/mol. The van der Waals surface area contributed by atoms with E-state index in [4.69, 9.17) is 26.4 Å². The molecule has 2 atom stereocenters. The van der Waals surface area contributed by atoms with Crippen LogP contribution in [0.1, 0.15) is 45.1 Å². The summed E-state index contributed by atoms with van der Waals surface area (Å²) in [5, 5.41) is 4.07. The Kier molecular flexibility index (Phi) is 7.26. The highest BCUT2D eigenvalue weighted by Crippen LogP contribution is 2.47. The number of ether oxygens (including phenoxy) is 3. The van der Waals surface area contributed by atoms with Gasteiger partial charge in [-0.25, -0.2) is 4.79 Å². The van der Waals surface area contributed by atoms with Gasteiger partial charge < -0.3 is 29.0 Å². The van der Waals surface area contributed by atoms with Crippen molar-refractivity contribution in [2.45, 2.75) is 25.9 Å². The number of carbonyl (C=O) groups excluding carboxylic acids is 1. The van der Waals surface area contributed by atoms with Crippen molar-refractivity contribution in [3.63, 3.8) is 0 Å². The molecule has 3 heterocycles. The Morgan fingerprint density at radius 1 is 0.974 bits per heavy atom. The topological polar surface area (TPSA) is 77.9 Å². The van der Waals surface area contributed by atoms with E-state index in [1.54, 1.807) is 26.5 Å². The highest BCUT2D eigenvalue weighted by molar-refractivity contribution is 7.80. The van der Waals surface area contributed by atoms with Crippen LogP contribution in [0.25, 0.3) is 5.69 Å². The Bertz CT molecular complexity index is 1540. The van der Waals surface area contributed by atoms with Crippen molar-refractivity contribution in [1.29, 1.82) is 0 Å². The summed E-state index contributed by atoms with van der Waals surface area (Å²) in [6.45, 7) is 4.12. The fourth-order valence-electron chi connectivity index (χ4n) is 5.29. The van der Waals surface area contributed by atoms with E-state index in [1.165, 1.54) is 7.11 Å². The van der Waals surface area contributed by atoms with Gasteiger partial charge in [0.15, 0.2) is 5.11 Å². The number of thiocarbonyl (C=S) groups is 1. The fourth-order valence-corrected chi connectivity index (χ4v) is 5.63. The maximum absolute atomic E-state index is 12.2. The summed E-state index contributed by atoms with van der Waals surface area (Å²) < 4.78 is 18.4. The van der Waals surface area contributed by atoms with Gasteiger partial charge in [-0.2, -0.15) is 0 Å². The van der Waals surface area contributed by atoms with Crippen molar-refractivity contribution < 1.29 is 19.0 Å². The van der Waals surface area contributed by atoms with Gasteiger partial charge >= 0.3 is 5.97 Å². The number of rotatable bonds is 7. The third kappa shape index (κ3) is 4.70. The van der Waals surface area contributed by atoms with E-state index in [9.17, 15) is 4.79 Å². The fraction of sp³-hybridized carbons (Fsp3) is 0.233. The second-order valence-electron chi connectivity index (χ2n) is 9.24. The van der Waals surface area contributed by atoms with E-state index in [-0.39, 0.29) is 18.1 Å². The number of benzene rings is 2. The molecule has 0 radical (unpaired) electrons. The molecule has 39 heavy (non-hydrogen) atoms. The largest absolute Gasteiger partial charge is 0.497 e. The maximum atomic E-state index is 12.2. The van der Waals surface area contributed by atoms with E-state index in [0.717, 1.165) is 34.0 Å². The SMILES string of the molecule is COC(=O)c1cccc(-n2c(C)cc(C3C(c4ccccn4)NC(=S)N3c3cc(OC)ccc3OC)c2C)c1. The third-order valence-electron chi connectivity index (χ3n) is 7.06. The molecule has 200 valence electrons. The summed E-state index contributed by atoms with van der Waals surface area (Å²) in [5.41, 5.74) is 6.10. The molecule has 2 aromatic carbocycles. The van der Waals surface area contributed by atoms with Gasteiger partial charge in [-0.1, -0.05) is 12.1 Å². The lowest BCUT2D eigenvalue weighted by atomic mass is 9.96. The minimum Gasteiger partial charge on any atom is -0.497 e. The molecule has 0 amide bonds. The van der Waals surface area contributed by atoms with Crippen LogP contribution in [0.2, 0.25) is 0 Å². The quantitative estimate of drug-likeness (QED) is 0.243. The maximum Gasteiger partial charge on any atom is 0.337 e. The van der Waals surface area contributed by atoms with Crippen LogP contribution in [0.15, 0.2) is 72.9 Å². The third-order valence-corrected chi connectivity index (χ3v) is 7.37. The average Bonchev–Trinajstić information content (AvgIpc) is 3.47. The second kappa shape index (κ2) is 10.8. The normalized spacial score (nSPS) is 16.6. The number of carbonyl (C=O) groups is 1. The first-order valence-electron chi connectivity index (χ1n) is 12.5. The summed E-state index contributed by atoms with van der Waals surface area (Å²) in [6.07, 6.45) is 1.79. The molecule has 2 unspecified atom stereocenters. The van der Waals surface area contributed by atoms with Crippen molar-refractivity contribution in [2.75, 3.05) is 26.2 Å². The number of nitrogens with zero attached hydrogens (tertiary/aromatic N) is 3. The average molecular weight is 543 g/mol. The number of esters is 1. The molecule has 2 aromatic heterocycles. The Labute approximate surface area is 233 Å². The van der Waals surface area contributed by atoms with Crippen LogP contribution < -0.4 is 19.7 Å². The first-order chi connectivity index (χ1) is 18.9. The molecule has 1 aliphatic rings. The molecule has 1 aliphatic heterocycles. The first kappa shape index (κ1) is 26.2. The van der Waals surface area contributed by atoms with Crippen LogP contribution in [0.4, 0.5) is 5.69 Å². The smallest absolute Gasteiger partial charge is 0.337 e. The van der Waals surface area contributed by atoms with Crippen LogP contribution in [0.3, 0.4) is 0 Å². The summed E-state index contributed by atoms with van der Waals surface area (Å²) in [6, 6.07) is 20.6. The summed E-state index contributed by atoms with van der Waals surface area (Å²) in [5.74, 6) is 0.987. The standard InChI is InChI=1S/C30H30N4O4S/c1-18-15-23(19(2)33(18)21-10-8-9-20(16-21)29(35)38-5)28-27(24-11-6-7-14-31-24)32-30(39)34(28)25-17-22(36-3)12-13-26(25)37-4/h6-17,27-28H,1-5H3,(H,32,39). The number of hydrogen-bond acceptors (Lipinski definition) is 6. The number of methoxy groups -OCH3 is 3. The van der Waals surface area contributed by atoms with Gasteiger partial charge in [0.2, 0.25) is 0 Å². The molecule has 1 saturated heterocycles. The highest BCUT2D eigenvalue weighted by Gasteiger charge is 2.43. The zero-order valence-electron chi connectivity index (χ0n) is 22.5. The minimum atomic E-state index is -0.378. The predicted octanol–water partition coefficient (Wildman–Crippen LogP) is 5.47. The van der Waals surface area contributed by atoms with Crippen molar-refractivity contribution in [3.8, 4) is 17.2 Å². The number of hydrogen-bond donors (Lipinski definition) is 1. The van der Waals surface area contributed by atoms with Gasteiger partial charge in [-0.05, 0) is 80.2 Å². The van der Waals surface area contributed by atoms with Crippen LogP contribution in [-0.4, -0.2) is 42.0 Å². The lowest BCUT2D eigenvalue weighted by molar-refractivity contribution is 0.0600. The van der Waals surface area contributed by atoms with Crippen LogP contribution in [0, 0.1) is 13.8 Å². The van der Waals surface area contributed by atoms with E-state index >= 15 is 0 Å². The molecule has 1 N–H and O–H groups in total. The van der Waals surface area contributed by atoms with Crippen molar-refractivity contribution in [1.82, 2.24) is 14.9 Å². The summed E-state index contributed by atoms with van der Waals surface area (Å²) in [7, 11) is 4.66. The van der Waals surface area contributed by atoms with Gasteiger partial charge in [-0.15, -0.1) is 0 Å². The minimum absolute atomic E-state index is 0.232. The molecule has 0 saturated carbocycles. The Morgan fingerprint density at radius 3 is 2.49 bits per heavy atom. The Morgan fingerprint density at radius 2 is 1.79 bits per heavy atom. The molecule has 5 rings (SSSR count). The highest BCUT2D eigenvalue weighted by atomic mass is 32.1. The number of anilines is 1. The van der Waals surface area contributed by atoms with E-state index in [1.807, 2.05) is 61.5 Å². The van der Waals surface area contributed by atoms with E-state index in [0.29, 0.717) is 22.2 Å². The van der Waals surface area contributed by atoms with Crippen molar-refractivity contribution in [3.05, 3.63) is 101 Å². The number of nitrogens with one attached hydrogen (secondary N) is 1. The molecule has 0 spiro atoms.